The molecule has 26 heavy (non-hydrogen) atoms. The van der Waals surface area contributed by atoms with E-state index >= 15 is 0 Å². The molecule has 7 nitrogen and oxygen atoms in total. The zero-order chi connectivity index (χ0) is 18.5. The number of ether oxygens (including phenoxy) is 1. The van der Waals surface area contributed by atoms with E-state index in [0.717, 1.165) is 16.2 Å². The van der Waals surface area contributed by atoms with Crippen molar-refractivity contribution in [2.75, 3.05) is 12.0 Å². The van der Waals surface area contributed by atoms with E-state index in [1.165, 1.54) is 18.5 Å². The van der Waals surface area contributed by atoms with Crippen molar-refractivity contribution in [2.45, 2.75) is 0 Å². The average Bonchev–Trinajstić information content (AvgIpc) is 2.65. The quantitative estimate of drug-likeness (QED) is 0.676. The summed E-state index contributed by atoms with van der Waals surface area (Å²) in [5.74, 6) is -0.710. The SMILES string of the molecule is COc1ccc(/C=C/C=C2\C(=O)NC(=O)N(c3cccnc3)C2=O)cc1. The van der Waals surface area contributed by atoms with Crippen LogP contribution < -0.4 is 15.0 Å². The number of carbonyl (C=O) groups is 3. The van der Waals surface area contributed by atoms with Gasteiger partial charge in [-0.15, -0.1) is 0 Å². The van der Waals surface area contributed by atoms with Gasteiger partial charge in [0.15, 0.2) is 0 Å². The minimum Gasteiger partial charge on any atom is -0.497 e. The molecule has 1 saturated heterocycles. The first-order valence-corrected chi connectivity index (χ1v) is 7.72. The van der Waals surface area contributed by atoms with E-state index in [4.69, 9.17) is 4.74 Å². The standard InChI is InChI=1S/C19H15N3O4/c1-26-15-9-7-13(8-10-15)4-2-6-16-17(23)21-19(25)22(18(16)24)14-5-3-11-20-12-14/h2-12H,1H3,(H,21,23,25)/b4-2+,16-6+. The van der Waals surface area contributed by atoms with Crippen LogP contribution in [0.25, 0.3) is 6.08 Å². The maximum Gasteiger partial charge on any atom is 0.336 e. The second-order valence-corrected chi connectivity index (χ2v) is 5.32. The lowest BCUT2D eigenvalue weighted by molar-refractivity contribution is -0.122. The molecule has 4 amide bonds. The smallest absolute Gasteiger partial charge is 0.336 e. The number of anilines is 1. The molecule has 1 aromatic heterocycles. The number of hydrogen-bond acceptors (Lipinski definition) is 5. The Kier molecular flexibility index (Phi) is 4.89. The molecule has 0 aliphatic carbocycles. The Balaban J connectivity index is 1.84. The number of imide groups is 2. The lowest BCUT2D eigenvalue weighted by Crippen LogP contribution is -2.54. The molecule has 1 aliphatic heterocycles. The molecule has 1 aromatic carbocycles. The van der Waals surface area contributed by atoms with E-state index in [0.29, 0.717) is 0 Å². The Morgan fingerprint density at radius 3 is 2.54 bits per heavy atom. The maximum atomic E-state index is 12.6. The minimum absolute atomic E-state index is 0.141. The molecule has 3 rings (SSSR count). The number of benzene rings is 1. The monoisotopic (exact) mass is 349 g/mol. The van der Waals surface area contributed by atoms with Gasteiger partial charge in [-0.3, -0.25) is 19.9 Å². The minimum atomic E-state index is -0.802. The summed E-state index contributed by atoms with van der Waals surface area (Å²) in [7, 11) is 1.58. The lowest BCUT2D eigenvalue weighted by Gasteiger charge is -2.25. The van der Waals surface area contributed by atoms with E-state index in [9.17, 15) is 14.4 Å². The number of allylic oxidation sites excluding steroid dienone is 2. The third-order valence-electron chi connectivity index (χ3n) is 3.67. The molecule has 1 aliphatic rings. The Morgan fingerprint density at radius 1 is 1.12 bits per heavy atom. The Morgan fingerprint density at radius 2 is 1.88 bits per heavy atom. The van der Waals surface area contributed by atoms with Crippen molar-refractivity contribution in [2.24, 2.45) is 0 Å². The molecule has 0 saturated carbocycles. The van der Waals surface area contributed by atoms with Crippen LogP contribution in [0.4, 0.5) is 10.5 Å². The number of methoxy groups -OCH3 is 1. The lowest BCUT2D eigenvalue weighted by atomic mass is 10.1. The summed E-state index contributed by atoms with van der Waals surface area (Å²) in [5.41, 5.74) is 1.01. The highest BCUT2D eigenvalue weighted by Crippen LogP contribution is 2.19. The zero-order valence-electron chi connectivity index (χ0n) is 13.9. The predicted molar refractivity (Wildman–Crippen MR) is 95.4 cm³/mol. The summed E-state index contributed by atoms with van der Waals surface area (Å²) < 4.78 is 5.08. The second-order valence-electron chi connectivity index (χ2n) is 5.32. The fourth-order valence-corrected chi connectivity index (χ4v) is 2.37. The molecule has 130 valence electrons. The number of nitrogens with zero attached hydrogens (tertiary/aromatic N) is 2. The summed E-state index contributed by atoms with van der Waals surface area (Å²) in [4.78, 5) is 41.3. The number of barbiturate groups is 1. The number of urea groups is 1. The Bertz CT molecular complexity index is 902. The number of rotatable bonds is 4. The highest BCUT2D eigenvalue weighted by Gasteiger charge is 2.36. The molecule has 0 radical (unpaired) electrons. The number of aromatic nitrogens is 1. The molecule has 1 fully saturated rings. The summed E-state index contributed by atoms with van der Waals surface area (Å²) >= 11 is 0. The number of hydrogen-bond donors (Lipinski definition) is 1. The van der Waals surface area contributed by atoms with Gasteiger partial charge in [0.05, 0.1) is 19.0 Å². The van der Waals surface area contributed by atoms with Crippen LogP contribution in [0.5, 0.6) is 5.75 Å². The molecule has 0 bridgehead atoms. The van der Waals surface area contributed by atoms with Gasteiger partial charge in [0.1, 0.15) is 11.3 Å². The third kappa shape index (κ3) is 3.51. The van der Waals surface area contributed by atoms with Crippen molar-refractivity contribution >= 4 is 29.6 Å². The molecular weight excluding hydrogens is 334 g/mol. The van der Waals surface area contributed by atoms with E-state index in [-0.39, 0.29) is 11.3 Å². The van der Waals surface area contributed by atoms with Crippen molar-refractivity contribution in [3.8, 4) is 5.75 Å². The highest BCUT2D eigenvalue weighted by atomic mass is 16.5. The Hall–Kier alpha value is -3.74. The molecule has 0 atom stereocenters. The third-order valence-corrected chi connectivity index (χ3v) is 3.67. The Labute approximate surface area is 149 Å². The fourth-order valence-electron chi connectivity index (χ4n) is 2.37. The van der Waals surface area contributed by atoms with Crippen LogP contribution in [0.2, 0.25) is 0 Å². The normalized spacial score (nSPS) is 16.3. The average molecular weight is 349 g/mol. The summed E-state index contributed by atoms with van der Waals surface area (Å²) in [5, 5.41) is 2.15. The van der Waals surface area contributed by atoms with E-state index in [2.05, 4.69) is 10.3 Å². The van der Waals surface area contributed by atoms with E-state index in [1.54, 1.807) is 43.5 Å². The van der Waals surface area contributed by atoms with Gasteiger partial charge < -0.3 is 4.74 Å². The molecule has 7 heteroatoms. The van der Waals surface area contributed by atoms with Crippen LogP contribution in [0.1, 0.15) is 5.56 Å². The van der Waals surface area contributed by atoms with Gasteiger partial charge in [-0.05, 0) is 35.9 Å². The van der Waals surface area contributed by atoms with Crippen molar-refractivity contribution < 1.29 is 19.1 Å². The van der Waals surface area contributed by atoms with Crippen LogP contribution >= 0.6 is 0 Å². The zero-order valence-corrected chi connectivity index (χ0v) is 13.9. The topological polar surface area (TPSA) is 88.6 Å². The molecule has 2 heterocycles. The summed E-state index contributed by atoms with van der Waals surface area (Å²) in [6.45, 7) is 0. The second kappa shape index (κ2) is 7.43. The van der Waals surface area contributed by atoms with Crippen molar-refractivity contribution in [3.63, 3.8) is 0 Å². The largest absolute Gasteiger partial charge is 0.497 e. The molecule has 1 N–H and O–H groups in total. The number of carbonyl (C=O) groups excluding carboxylic acids is 3. The number of pyridine rings is 1. The van der Waals surface area contributed by atoms with Gasteiger partial charge in [-0.1, -0.05) is 24.3 Å². The maximum absolute atomic E-state index is 12.6. The molecule has 2 aromatic rings. The highest BCUT2D eigenvalue weighted by molar-refractivity contribution is 6.37. The van der Waals surface area contributed by atoms with Crippen LogP contribution in [-0.2, 0) is 9.59 Å². The summed E-state index contributed by atoms with van der Waals surface area (Å²) in [6.07, 6.45) is 7.58. The fraction of sp³-hybridized carbons (Fsp3) is 0.0526. The van der Waals surface area contributed by atoms with Gasteiger partial charge in [0.2, 0.25) is 0 Å². The number of nitrogens with one attached hydrogen (secondary N) is 1. The molecular formula is C19H15N3O4. The van der Waals surface area contributed by atoms with Crippen molar-refractivity contribution in [1.82, 2.24) is 10.3 Å². The summed E-state index contributed by atoms with van der Waals surface area (Å²) in [6, 6.07) is 9.63. The van der Waals surface area contributed by atoms with Crippen LogP contribution in [-0.4, -0.2) is 29.9 Å². The van der Waals surface area contributed by atoms with Gasteiger partial charge in [-0.2, -0.15) is 0 Å². The van der Waals surface area contributed by atoms with Crippen LogP contribution in [0, 0.1) is 0 Å². The van der Waals surface area contributed by atoms with E-state index in [1.807, 2.05) is 12.1 Å². The van der Waals surface area contributed by atoms with Crippen molar-refractivity contribution in [3.05, 3.63) is 72.1 Å². The molecule has 0 spiro atoms. The predicted octanol–water partition coefficient (Wildman–Crippen LogP) is 2.31. The van der Waals surface area contributed by atoms with Crippen molar-refractivity contribution in [1.29, 1.82) is 0 Å². The first-order valence-electron chi connectivity index (χ1n) is 7.72. The van der Waals surface area contributed by atoms with Crippen LogP contribution in [0.3, 0.4) is 0 Å². The van der Waals surface area contributed by atoms with Crippen LogP contribution in [0.15, 0.2) is 66.5 Å². The van der Waals surface area contributed by atoms with E-state index < -0.39 is 17.8 Å². The number of amides is 4. The van der Waals surface area contributed by atoms with Gasteiger partial charge in [0.25, 0.3) is 11.8 Å². The molecule has 0 unspecified atom stereocenters. The van der Waals surface area contributed by atoms with Gasteiger partial charge in [0, 0.05) is 6.20 Å². The first kappa shape index (κ1) is 17.1. The van der Waals surface area contributed by atoms with Gasteiger partial charge in [-0.25, -0.2) is 9.69 Å². The first-order chi connectivity index (χ1) is 12.6. The van der Waals surface area contributed by atoms with Gasteiger partial charge >= 0.3 is 6.03 Å².